The fourth-order valence-electron chi connectivity index (χ4n) is 3.14. The third-order valence-corrected chi connectivity index (χ3v) is 4.55. The molecular formula is C26H21NO. The molecule has 136 valence electrons. The molecule has 0 radical (unpaired) electrons. The van der Waals surface area contributed by atoms with Gasteiger partial charge in [0.05, 0.1) is 0 Å². The predicted octanol–water partition coefficient (Wildman–Crippen LogP) is 6.25. The fourth-order valence-corrected chi connectivity index (χ4v) is 3.14. The van der Waals surface area contributed by atoms with E-state index in [0.717, 1.165) is 28.0 Å². The highest BCUT2D eigenvalue weighted by Crippen LogP contribution is 2.26. The Morgan fingerprint density at radius 1 is 0.500 bits per heavy atom. The minimum absolute atomic E-state index is 0.273. The van der Waals surface area contributed by atoms with Gasteiger partial charge in [0.15, 0.2) is 6.10 Å². The van der Waals surface area contributed by atoms with Gasteiger partial charge in [0, 0.05) is 11.1 Å². The Morgan fingerprint density at radius 2 is 0.857 bits per heavy atom. The Kier molecular flexibility index (Phi) is 5.60. The molecule has 4 rings (SSSR count). The summed E-state index contributed by atoms with van der Waals surface area (Å²) in [6.45, 7) is 0. The summed E-state index contributed by atoms with van der Waals surface area (Å²) in [5.74, 6) is 0. The summed E-state index contributed by atoms with van der Waals surface area (Å²) >= 11 is 0. The predicted molar refractivity (Wildman–Crippen MR) is 114 cm³/mol. The van der Waals surface area contributed by atoms with Crippen LogP contribution >= 0.6 is 0 Å². The first-order valence-electron chi connectivity index (χ1n) is 9.36. The van der Waals surface area contributed by atoms with Gasteiger partial charge in [-0.2, -0.15) is 0 Å². The second kappa shape index (κ2) is 8.83. The highest BCUT2D eigenvalue weighted by Gasteiger charge is 2.16. The molecule has 4 aromatic carbocycles. The zero-order chi connectivity index (χ0) is 19.0. The first-order chi connectivity index (χ1) is 13.9. The summed E-state index contributed by atoms with van der Waals surface area (Å²) in [4.78, 5) is 6.17. The van der Waals surface area contributed by atoms with Gasteiger partial charge in [-0.15, -0.1) is 0 Å². The molecule has 0 saturated carbocycles. The van der Waals surface area contributed by atoms with Gasteiger partial charge in [-0.05, 0) is 11.1 Å². The average molecular weight is 363 g/mol. The molecule has 0 bridgehead atoms. The first kappa shape index (κ1) is 17.7. The van der Waals surface area contributed by atoms with Crippen molar-refractivity contribution in [1.29, 1.82) is 0 Å². The molecule has 0 atom stereocenters. The van der Waals surface area contributed by atoms with Gasteiger partial charge in [0.2, 0.25) is 0 Å². The van der Waals surface area contributed by atoms with Crippen LogP contribution in [0.4, 0.5) is 0 Å². The number of oxime groups is 1. The van der Waals surface area contributed by atoms with E-state index in [-0.39, 0.29) is 6.10 Å². The third kappa shape index (κ3) is 4.18. The zero-order valence-corrected chi connectivity index (χ0v) is 15.5. The van der Waals surface area contributed by atoms with Crippen molar-refractivity contribution in [3.8, 4) is 0 Å². The lowest BCUT2D eigenvalue weighted by Crippen LogP contribution is -2.08. The molecule has 0 unspecified atom stereocenters. The van der Waals surface area contributed by atoms with Gasteiger partial charge in [0.1, 0.15) is 5.71 Å². The SMILES string of the molecule is c1ccc(C(=NOC(c2ccccc2)c2ccccc2)c2ccccc2)cc1. The Hall–Kier alpha value is -3.65. The molecule has 0 aliphatic carbocycles. The first-order valence-corrected chi connectivity index (χ1v) is 9.36. The van der Waals surface area contributed by atoms with Crippen LogP contribution in [-0.4, -0.2) is 5.71 Å². The molecule has 0 heterocycles. The molecule has 0 aliphatic rings. The topological polar surface area (TPSA) is 21.6 Å². The molecule has 2 heteroatoms. The van der Waals surface area contributed by atoms with E-state index in [1.807, 2.05) is 72.8 Å². The molecule has 4 aromatic rings. The lowest BCUT2D eigenvalue weighted by Gasteiger charge is -2.17. The van der Waals surface area contributed by atoms with Crippen molar-refractivity contribution in [2.75, 3.05) is 0 Å². The second-order valence-corrected chi connectivity index (χ2v) is 6.48. The van der Waals surface area contributed by atoms with Gasteiger partial charge in [-0.25, -0.2) is 0 Å². The maximum absolute atomic E-state index is 6.17. The summed E-state index contributed by atoms with van der Waals surface area (Å²) in [5, 5.41) is 4.63. The molecule has 0 fully saturated rings. The lowest BCUT2D eigenvalue weighted by atomic mass is 10.0. The van der Waals surface area contributed by atoms with Crippen LogP contribution in [0, 0.1) is 0 Å². The van der Waals surface area contributed by atoms with Crippen molar-refractivity contribution in [2.45, 2.75) is 6.10 Å². The molecule has 0 amide bonds. The van der Waals surface area contributed by atoms with Crippen molar-refractivity contribution in [3.05, 3.63) is 144 Å². The minimum atomic E-state index is -0.273. The van der Waals surface area contributed by atoms with Crippen molar-refractivity contribution < 1.29 is 4.84 Å². The Labute approximate surface area is 165 Å². The van der Waals surface area contributed by atoms with Gasteiger partial charge >= 0.3 is 0 Å². The monoisotopic (exact) mass is 363 g/mol. The van der Waals surface area contributed by atoms with E-state index < -0.39 is 0 Å². The summed E-state index contributed by atoms with van der Waals surface area (Å²) in [5.41, 5.74) is 5.00. The molecule has 2 nitrogen and oxygen atoms in total. The van der Waals surface area contributed by atoms with Crippen LogP contribution in [0.5, 0.6) is 0 Å². The van der Waals surface area contributed by atoms with Crippen LogP contribution in [0.25, 0.3) is 0 Å². The standard InChI is InChI=1S/C26H21NO/c1-5-13-21(14-6-1)25(22-15-7-2-8-16-22)27-28-26(23-17-9-3-10-18-23)24-19-11-4-12-20-24/h1-20,26H. The van der Waals surface area contributed by atoms with Crippen LogP contribution in [0.2, 0.25) is 0 Å². The number of hydrogen-bond acceptors (Lipinski definition) is 2. The normalized spacial score (nSPS) is 10.5. The average Bonchev–Trinajstić information content (AvgIpc) is 2.79. The summed E-state index contributed by atoms with van der Waals surface area (Å²) in [6, 6.07) is 40.6. The Morgan fingerprint density at radius 3 is 1.25 bits per heavy atom. The van der Waals surface area contributed by atoms with Crippen LogP contribution < -0.4 is 0 Å². The quantitative estimate of drug-likeness (QED) is 0.293. The summed E-state index contributed by atoms with van der Waals surface area (Å²) in [6.07, 6.45) is -0.273. The van der Waals surface area contributed by atoms with E-state index in [1.54, 1.807) is 0 Å². The molecule has 0 spiro atoms. The molecule has 0 aliphatic heterocycles. The molecule has 0 N–H and O–H groups in total. The fraction of sp³-hybridized carbons (Fsp3) is 0.0385. The Balaban J connectivity index is 1.74. The van der Waals surface area contributed by atoms with Gasteiger partial charge in [-0.3, -0.25) is 0 Å². The van der Waals surface area contributed by atoms with Crippen LogP contribution in [0.3, 0.4) is 0 Å². The number of rotatable bonds is 6. The maximum atomic E-state index is 6.17. The summed E-state index contributed by atoms with van der Waals surface area (Å²) in [7, 11) is 0. The molecule has 28 heavy (non-hydrogen) atoms. The van der Waals surface area contributed by atoms with Crippen LogP contribution in [-0.2, 0) is 4.84 Å². The third-order valence-electron chi connectivity index (χ3n) is 4.55. The van der Waals surface area contributed by atoms with Gasteiger partial charge in [-0.1, -0.05) is 126 Å². The van der Waals surface area contributed by atoms with E-state index >= 15 is 0 Å². The summed E-state index contributed by atoms with van der Waals surface area (Å²) < 4.78 is 0. The molecule has 0 aromatic heterocycles. The van der Waals surface area contributed by atoms with Crippen molar-refractivity contribution >= 4 is 5.71 Å². The highest BCUT2D eigenvalue weighted by atomic mass is 16.6. The molecule has 0 saturated heterocycles. The van der Waals surface area contributed by atoms with Crippen molar-refractivity contribution in [3.63, 3.8) is 0 Å². The largest absolute Gasteiger partial charge is 0.382 e. The number of benzene rings is 4. The van der Waals surface area contributed by atoms with E-state index in [0.29, 0.717) is 0 Å². The lowest BCUT2D eigenvalue weighted by molar-refractivity contribution is 0.0877. The Bertz CT molecular complexity index is 932. The van der Waals surface area contributed by atoms with Gasteiger partial charge < -0.3 is 4.84 Å². The maximum Gasteiger partial charge on any atom is 0.177 e. The molecular weight excluding hydrogens is 342 g/mol. The smallest absolute Gasteiger partial charge is 0.177 e. The number of nitrogens with zero attached hydrogens (tertiary/aromatic N) is 1. The van der Waals surface area contributed by atoms with Crippen molar-refractivity contribution in [2.24, 2.45) is 5.16 Å². The second-order valence-electron chi connectivity index (χ2n) is 6.48. The van der Waals surface area contributed by atoms with E-state index in [1.165, 1.54) is 0 Å². The minimum Gasteiger partial charge on any atom is -0.382 e. The van der Waals surface area contributed by atoms with Gasteiger partial charge in [0.25, 0.3) is 0 Å². The van der Waals surface area contributed by atoms with E-state index in [4.69, 9.17) is 4.84 Å². The zero-order valence-electron chi connectivity index (χ0n) is 15.5. The highest BCUT2D eigenvalue weighted by molar-refractivity contribution is 6.12. The van der Waals surface area contributed by atoms with E-state index in [2.05, 4.69) is 53.7 Å². The van der Waals surface area contributed by atoms with Crippen LogP contribution in [0.15, 0.2) is 126 Å². The van der Waals surface area contributed by atoms with E-state index in [9.17, 15) is 0 Å². The van der Waals surface area contributed by atoms with Crippen molar-refractivity contribution in [1.82, 2.24) is 0 Å². The van der Waals surface area contributed by atoms with Crippen LogP contribution in [0.1, 0.15) is 28.4 Å². The number of hydrogen-bond donors (Lipinski definition) is 0.